The Bertz CT molecular complexity index is 1860. The highest BCUT2D eigenvalue weighted by Crippen LogP contribution is 2.45. The fourth-order valence-electron chi connectivity index (χ4n) is 4.22. The molecule has 3 N–H and O–H groups in total. The van der Waals surface area contributed by atoms with Crippen molar-refractivity contribution in [1.29, 1.82) is 0 Å². The largest absolute Gasteiger partial charge is 0.586 e. The van der Waals surface area contributed by atoms with Crippen LogP contribution in [0.15, 0.2) is 86.7 Å². The van der Waals surface area contributed by atoms with Gasteiger partial charge in [0.25, 0.3) is 0 Å². The van der Waals surface area contributed by atoms with Crippen LogP contribution in [0.3, 0.4) is 0 Å². The molecule has 0 radical (unpaired) electrons. The van der Waals surface area contributed by atoms with Crippen molar-refractivity contribution in [3.8, 4) is 45.2 Å². The van der Waals surface area contributed by atoms with Crippen molar-refractivity contribution in [1.82, 2.24) is 4.98 Å². The van der Waals surface area contributed by atoms with Gasteiger partial charge in [-0.05, 0) is 73.5 Å². The number of allylic oxidation sites excluding steroid dienone is 1. The first-order valence-corrected chi connectivity index (χ1v) is 14.6. The molecule has 12 heteroatoms. The lowest BCUT2D eigenvalue weighted by molar-refractivity contribution is -0.286. The summed E-state index contributed by atoms with van der Waals surface area (Å²) in [7, 11) is -3.46. The molecule has 218 valence electrons. The van der Waals surface area contributed by atoms with E-state index in [1.807, 2.05) is 0 Å². The minimum absolute atomic E-state index is 0.111. The van der Waals surface area contributed by atoms with Crippen LogP contribution >= 0.6 is 0 Å². The highest BCUT2D eigenvalue weighted by atomic mass is 32.2. The zero-order valence-corrected chi connectivity index (χ0v) is 23.9. The van der Waals surface area contributed by atoms with Gasteiger partial charge < -0.3 is 24.7 Å². The van der Waals surface area contributed by atoms with Gasteiger partial charge in [0.05, 0.1) is 16.2 Å². The second-order valence-electron chi connectivity index (χ2n) is 10.2. The van der Waals surface area contributed by atoms with E-state index < -0.39 is 21.7 Å². The molecule has 0 aliphatic carbocycles. The van der Waals surface area contributed by atoms with Gasteiger partial charge in [-0.25, -0.2) is 13.4 Å². The number of aliphatic hydroxyl groups is 1. The summed E-state index contributed by atoms with van der Waals surface area (Å²) in [6, 6.07) is 16.0. The third-order valence-corrected chi connectivity index (χ3v) is 7.53. The molecule has 0 amide bonds. The molecule has 1 aromatic heterocycles. The number of hydrogen-bond donors (Lipinski definition) is 2. The van der Waals surface area contributed by atoms with Gasteiger partial charge in [0.15, 0.2) is 33.0 Å². The number of rotatable bonds is 7. The highest BCUT2D eigenvalue weighted by molar-refractivity contribution is 7.90. The number of nitrogens with two attached hydrogens (primary N) is 1. The summed E-state index contributed by atoms with van der Waals surface area (Å²) in [5.74, 6) is 0.320. The van der Waals surface area contributed by atoms with Gasteiger partial charge in [0.2, 0.25) is 0 Å². The first kappa shape index (κ1) is 29.0. The smallest absolute Gasteiger partial charge is 0.440 e. The maximum atomic E-state index is 13.7. The Morgan fingerprint density at radius 3 is 2.43 bits per heavy atom. The molecule has 0 atom stereocenters. The molecule has 1 aliphatic rings. The van der Waals surface area contributed by atoms with E-state index in [0.29, 0.717) is 39.5 Å². The van der Waals surface area contributed by atoms with Crippen LogP contribution < -0.4 is 15.2 Å². The molecule has 0 unspecified atom stereocenters. The Kier molecular flexibility index (Phi) is 7.15. The van der Waals surface area contributed by atoms with E-state index in [1.165, 1.54) is 30.5 Å². The summed E-state index contributed by atoms with van der Waals surface area (Å²) in [5.41, 5.74) is 7.83. The lowest BCUT2D eigenvalue weighted by Gasteiger charge is -2.16. The van der Waals surface area contributed by atoms with Crippen molar-refractivity contribution in [3.63, 3.8) is 0 Å². The number of sulfone groups is 1. The summed E-state index contributed by atoms with van der Waals surface area (Å²) < 4.78 is 66.9. The van der Waals surface area contributed by atoms with Crippen molar-refractivity contribution in [2.45, 2.75) is 37.6 Å². The average Bonchev–Trinajstić information content (AvgIpc) is 3.44. The van der Waals surface area contributed by atoms with Crippen molar-refractivity contribution in [2.75, 3.05) is 6.26 Å². The molecule has 5 rings (SSSR count). The Hall–Kier alpha value is -4.55. The Balaban J connectivity index is 1.67. The summed E-state index contributed by atoms with van der Waals surface area (Å²) >= 11 is 0. The van der Waals surface area contributed by atoms with Crippen molar-refractivity contribution in [3.05, 3.63) is 78.3 Å². The van der Waals surface area contributed by atoms with Crippen LogP contribution in [0.2, 0.25) is 0 Å². The van der Waals surface area contributed by atoms with Crippen molar-refractivity contribution >= 4 is 21.7 Å². The Labute approximate surface area is 240 Å². The number of aliphatic imine (C=N–C) groups is 1. The van der Waals surface area contributed by atoms with E-state index in [1.54, 1.807) is 63.2 Å². The molecule has 0 spiro atoms. The van der Waals surface area contributed by atoms with E-state index in [9.17, 15) is 22.3 Å². The van der Waals surface area contributed by atoms with Gasteiger partial charge in [-0.2, -0.15) is 0 Å². The third-order valence-electron chi connectivity index (χ3n) is 6.42. The second-order valence-corrected chi connectivity index (χ2v) is 12.2. The zero-order valence-electron chi connectivity index (χ0n) is 23.1. The summed E-state index contributed by atoms with van der Waals surface area (Å²) in [6.07, 6.45) is 0.255. The van der Waals surface area contributed by atoms with Crippen LogP contribution in [0.25, 0.3) is 33.7 Å². The van der Waals surface area contributed by atoms with Gasteiger partial charge in [-0.3, -0.25) is 4.99 Å². The van der Waals surface area contributed by atoms with E-state index in [4.69, 9.17) is 10.2 Å². The van der Waals surface area contributed by atoms with Crippen LogP contribution in [0.5, 0.6) is 11.5 Å². The number of hydrogen-bond acceptors (Lipinski definition) is 9. The van der Waals surface area contributed by atoms with Crippen molar-refractivity contribution in [2.24, 2.45) is 10.7 Å². The van der Waals surface area contributed by atoms with Gasteiger partial charge in [-0.1, -0.05) is 18.2 Å². The second kappa shape index (κ2) is 10.4. The Morgan fingerprint density at radius 2 is 1.71 bits per heavy atom. The van der Waals surface area contributed by atoms with Crippen LogP contribution in [-0.2, 0) is 9.84 Å². The number of nitrogens with zero attached hydrogens (tertiary/aromatic N) is 2. The number of benzene rings is 3. The summed E-state index contributed by atoms with van der Waals surface area (Å²) in [4.78, 5) is 9.19. The van der Waals surface area contributed by atoms with E-state index >= 15 is 0 Å². The molecule has 3 aromatic carbocycles. The van der Waals surface area contributed by atoms with E-state index in [2.05, 4.69) is 19.5 Å². The predicted molar refractivity (Wildman–Crippen MR) is 154 cm³/mol. The fraction of sp³-hybridized carbons (Fsp3) is 0.200. The normalized spacial score (nSPS) is 15.0. The lowest BCUT2D eigenvalue weighted by atomic mass is 9.98. The van der Waals surface area contributed by atoms with E-state index in [-0.39, 0.29) is 27.9 Å². The molecular formula is C30H27F2N3O6S. The van der Waals surface area contributed by atoms with Gasteiger partial charge in [-0.15, -0.1) is 8.78 Å². The number of ether oxygens (including phenoxy) is 2. The van der Waals surface area contributed by atoms with Crippen LogP contribution in [0.4, 0.5) is 14.5 Å². The Morgan fingerprint density at radius 1 is 1.02 bits per heavy atom. The molecule has 42 heavy (non-hydrogen) atoms. The molecular weight excluding hydrogens is 568 g/mol. The first-order chi connectivity index (χ1) is 19.6. The number of alkyl halides is 2. The summed E-state index contributed by atoms with van der Waals surface area (Å²) in [5, 5.41) is 10.1. The molecule has 2 heterocycles. The highest BCUT2D eigenvalue weighted by Gasteiger charge is 2.43. The first-order valence-electron chi connectivity index (χ1n) is 12.7. The lowest BCUT2D eigenvalue weighted by Crippen LogP contribution is -2.27. The topological polar surface area (TPSA) is 137 Å². The minimum Gasteiger partial charge on any atom is -0.440 e. The average molecular weight is 596 g/mol. The molecule has 4 aromatic rings. The number of fused-ring (bicyclic) bond motifs is 1. The van der Waals surface area contributed by atoms with Gasteiger partial charge in [0.1, 0.15) is 5.69 Å². The molecule has 0 saturated carbocycles. The SMILES string of the molecule is Cc1nc(-c2ccc3c(c2)OC(F)(F)O3)c(-c2cc(-c3cccc(S(C)(=O)=O)c3)ccc2N=CC=C(N)C(C)(C)O)o1. The minimum atomic E-state index is -3.78. The monoisotopic (exact) mass is 595 g/mol. The molecule has 0 bridgehead atoms. The zero-order chi connectivity index (χ0) is 30.4. The number of halogens is 2. The quantitative estimate of drug-likeness (QED) is 0.247. The fourth-order valence-corrected chi connectivity index (χ4v) is 4.89. The van der Waals surface area contributed by atoms with Gasteiger partial charge >= 0.3 is 6.29 Å². The molecule has 9 nitrogen and oxygen atoms in total. The molecule has 0 fully saturated rings. The summed E-state index contributed by atoms with van der Waals surface area (Å²) in [6.45, 7) is 4.73. The van der Waals surface area contributed by atoms with Crippen molar-refractivity contribution < 1.29 is 36.2 Å². The number of aromatic nitrogens is 1. The predicted octanol–water partition coefficient (Wildman–Crippen LogP) is 6.02. The maximum Gasteiger partial charge on any atom is 0.586 e. The van der Waals surface area contributed by atoms with Gasteiger partial charge in [0, 0.05) is 36.2 Å². The molecule has 0 saturated heterocycles. The van der Waals surface area contributed by atoms with Crippen LogP contribution in [0, 0.1) is 6.92 Å². The third kappa shape index (κ3) is 6.04. The molecule has 1 aliphatic heterocycles. The maximum absolute atomic E-state index is 13.7. The number of oxazole rings is 1. The van der Waals surface area contributed by atoms with Crippen LogP contribution in [0.1, 0.15) is 19.7 Å². The number of aryl methyl sites for hydroxylation is 1. The standard InChI is InChI=1S/C30H27F2N3O6S/c1-17-35-27(20-9-11-24-25(16-20)41-30(31,32)40-24)28(39-17)22-15-19(18-6-5-7-21(14-18)42(4,37)38)8-10-23(22)34-13-12-26(33)29(2,3)36/h5-16,36H,33H2,1-4H3. The van der Waals surface area contributed by atoms with E-state index in [0.717, 1.165) is 6.26 Å². The van der Waals surface area contributed by atoms with Crippen LogP contribution in [-0.4, -0.2) is 42.9 Å².